The van der Waals surface area contributed by atoms with Gasteiger partial charge in [-0.05, 0) is 0 Å². The van der Waals surface area contributed by atoms with Crippen LogP contribution in [0.25, 0.3) is 0 Å². The number of anilines is 2. The molecule has 0 fully saturated rings. The molecule has 1 amide bonds. The third-order valence-corrected chi connectivity index (χ3v) is 2.47. The molecule has 2 rings (SSSR count). The normalized spacial score (nSPS) is 11.2. The molecule has 0 unspecified atom stereocenters. The second-order valence-corrected chi connectivity index (χ2v) is 5.42. The first kappa shape index (κ1) is 13.0. The lowest BCUT2D eigenvalue weighted by atomic mass is 10.5. The minimum Gasteiger partial charge on any atom is -0.322 e. The largest absolute Gasteiger partial charge is 0.322 e. The lowest BCUT2D eigenvalue weighted by Crippen LogP contribution is -2.20. The maximum absolute atomic E-state index is 11.6. The molecule has 0 aliphatic rings. The molecule has 19 heavy (non-hydrogen) atoms. The molecule has 11 heteroatoms. The zero-order chi connectivity index (χ0) is 13.9. The molecule has 2 aromatic heterocycles. The van der Waals surface area contributed by atoms with Crippen molar-refractivity contribution in [3.8, 4) is 0 Å². The van der Waals surface area contributed by atoms with Crippen LogP contribution in [0, 0.1) is 0 Å². The number of rotatable bonds is 5. The van der Waals surface area contributed by atoms with Crippen LogP contribution in [-0.4, -0.2) is 45.8 Å². The minimum absolute atomic E-state index is 0.0543. The van der Waals surface area contributed by atoms with E-state index in [0.29, 0.717) is 5.69 Å². The molecule has 0 saturated heterocycles. The van der Waals surface area contributed by atoms with Crippen LogP contribution >= 0.6 is 0 Å². The molecule has 3 N–H and O–H groups in total. The highest BCUT2D eigenvalue weighted by molar-refractivity contribution is 7.92. The number of amides is 1. The number of hydrogen-bond donors (Lipinski definition) is 3. The number of aromatic amines is 1. The first-order valence-electron chi connectivity index (χ1n) is 5.09. The van der Waals surface area contributed by atoms with E-state index in [9.17, 15) is 13.2 Å². The van der Waals surface area contributed by atoms with Crippen molar-refractivity contribution in [3.63, 3.8) is 0 Å². The molecule has 102 valence electrons. The van der Waals surface area contributed by atoms with Gasteiger partial charge in [0.1, 0.15) is 6.54 Å². The molecule has 0 aliphatic carbocycles. The maximum atomic E-state index is 11.6. The summed E-state index contributed by atoms with van der Waals surface area (Å²) in [4.78, 5) is 12.7. The Labute approximate surface area is 108 Å². The average molecular weight is 285 g/mol. The first-order chi connectivity index (χ1) is 8.92. The van der Waals surface area contributed by atoms with Crippen LogP contribution in [-0.2, 0) is 21.4 Å². The monoisotopic (exact) mass is 285 g/mol. The second kappa shape index (κ2) is 5.06. The van der Waals surface area contributed by atoms with Crippen LogP contribution < -0.4 is 10.0 Å². The smallest absolute Gasteiger partial charge is 0.248 e. The van der Waals surface area contributed by atoms with Crippen molar-refractivity contribution in [3.05, 3.63) is 18.6 Å². The summed E-state index contributed by atoms with van der Waals surface area (Å²) in [7, 11) is -3.41. The molecule has 2 aromatic rings. The first-order valence-corrected chi connectivity index (χ1v) is 6.98. The number of hydrogen-bond acceptors (Lipinski definition) is 6. The molecule has 0 atom stereocenters. The number of sulfonamides is 1. The Hall–Kier alpha value is -2.43. The van der Waals surface area contributed by atoms with Crippen LogP contribution in [0.4, 0.5) is 11.5 Å². The zero-order valence-electron chi connectivity index (χ0n) is 9.86. The summed E-state index contributed by atoms with van der Waals surface area (Å²) in [5, 5.41) is 16.3. The number of carbonyl (C=O) groups excluding carboxylic acids is 1. The fraction of sp³-hybridized carbons (Fsp3) is 0.250. The Morgan fingerprint density at radius 2 is 2.26 bits per heavy atom. The maximum Gasteiger partial charge on any atom is 0.248 e. The van der Waals surface area contributed by atoms with Gasteiger partial charge in [-0.2, -0.15) is 15.0 Å². The van der Waals surface area contributed by atoms with E-state index in [1.165, 1.54) is 18.6 Å². The van der Waals surface area contributed by atoms with Gasteiger partial charge in [-0.1, -0.05) is 0 Å². The van der Waals surface area contributed by atoms with Crippen molar-refractivity contribution in [2.24, 2.45) is 0 Å². The zero-order valence-corrected chi connectivity index (χ0v) is 10.7. The van der Waals surface area contributed by atoms with E-state index in [2.05, 4.69) is 30.4 Å². The molecule has 0 aliphatic heterocycles. The second-order valence-electron chi connectivity index (χ2n) is 3.67. The fourth-order valence-electron chi connectivity index (χ4n) is 1.26. The number of H-pyrrole nitrogens is 1. The van der Waals surface area contributed by atoms with E-state index in [-0.39, 0.29) is 18.3 Å². The number of nitrogens with zero attached hydrogens (tertiary/aromatic N) is 4. The molecule has 0 bridgehead atoms. The van der Waals surface area contributed by atoms with Crippen molar-refractivity contribution in [1.29, 1.82) is 0 Å². The SMILES string of the molecule is CS(=O)(=O)Nc1cnn(CC(=O)Nc2cn[nH]c2)n1. The van der Waals surface area contributed by atoms with Crippen LogP contribution in [0.1, 0.15) is 0 Å². The number of aromatic nitrogens is 5. The lowest BCUT2D eigenvalue weighted by Gasteiger charge is -2.01. The van der Waals surface area contributed by atoms with Gasteiger partial charge < -0.3 is 5.32 Å². The molecule has 0 aromatic carbocycles. The standard InChI is InChI=1S/C8H11N7O3S/c1-19(17,18)14-7-4-11-15(13-7)5-8(16)12-6-2-9-10-3-6/h2-4H,5H2,1H3,(H,9,10)(H,12,16)(H,13,14). The molecule has 0 spiro atoms. The van der Waals surface area contributed by atoms with Crippen LogP contribution in [0.2, 0.25) is 0 Å². The Morgan fingerprint density at radius 3 is 2.89 bits per heavy atom. The minimum atomic E-state index is -3.41. The molecular weight excluding hydrogens is 274 g/mol. The quantitative estimate of drug-likeness (QED) is 0.645. The van der Waals surface area contributed by atoms with Crippen LogP contribution in [0.15, 0.2) is 18.6 Å². The number of nitrogens with one attached hydrogen (secondary N) is 3. The van der Waals surface area contributed by atoms with E-state index < -0.39 is 10.0 Å². The van der Waals surface area contributed by atoms with Crippen LogP contribution in [0.3, 0.4) is 0 Å². The highest BCUT2D eigenvalue weighted by atomic mass is 32.2. The van der Waals surface area contributed by atoms with Gasteiger partial charge in [-0.25, -0.2) is 8.42 Å². The summed E-state index contributed by atoms with van der Waals surface area (Å²) in [5.41, 5.74) is 0.520. The van der Waals surface area contributed by atoms with Crippen LogP contribution in [0.5, 0.6) is 0 Å². The van der Waals surface area contributed by atoms with Gasteiger partial charge in [0, 0.05) is 6.20 Å². The lowest BCUT2D eigenvalue weighted by molar-refractivity contribution is -0.117. The van der Waals surface area contributed by atoms with E-state index in [1.807, 2.05) is 0 Å². The molecule has 0 radical (unpaired) electrons. The summed E-state index contributed by atoms with van der Waals surface area (Å²) in [6.45, 7) is -0.142. The third kappa shape index (κ3) is 4.06. The van der Waals surface area contributed by atoms with Crippen molar-refractivity contribution in [2.75, 3.05) is 16.3 Å². The summed E-state index contributed by atoms with van der Waals surface area (Å²) in [6.07, 6.45) is 5.18. The van der Waals surface area contributed by atoms with Crippen molar-refractivity contribution >= 4 is 27.4 Å². The van der Waals surface area contributed by atoms with Gasteiger partial charge in [-0.15, -0.1) is 5.10 Å². The van der Waals surface area contributed by atoms with Gasteiger partial charge in [0.05, 0.1) is 24.3 Å². The summed E-state index contributed by atoms with van der Waals surface area (Å²) in [6, 6.07) is 0. The average Bonchev–Trinajstić information content (AvgIpc) is 2.88. The Kier molecular flexibility index (Phi) is 3.46. The highest BCUT2D eigenvalue weighted by Gasteiger charge is 2.09. The molecule has 0 saturated carbocycles. The van der Waals surface area contributed by atoms with Gasteiger partial charge in [0.15, 0.2) is 5.82 Å². The van der Waals surface area contributed by atoms with E-state index in [4.69, 9.17) is 0 Å². The summed E-state index contributed by atoms with van der Waals surface area (Å²) < 4.78 is 24.1. The van der Waals surface area contributed by atoms with E-state index in [0.717, 1.165) is 11.1 Å². The van der Waals surface area contributed by atoms with Crippen molar-refractivity contribution < 1.29 is 13.2 Å². The molecular formula is C8H11N7O3S. The van der Waals surface area contributed by atoms with Gasteiger partial charge >= 0.3 is 0 Å². The van der Waals surface area contributed by atoms with E-state index >= 15 is 0 Å². The van der Waals surface area contributed by atoms with Crippen molar-refractivity contribution in [2.45, 2.75) is 6.54 Å². The third-order valence-electron chi connectivity index (χ3n) is 1.89. The Bertz CT molecular complexity index is 660. The molecule has 10 nitrogen and oxygen atoms in total. The topological polar surface area (TPSA) is 135 Å². The summed E-state index contributed by atoms with van der Waals surface area (Å²) in [5.74, 6) is -0.304. The summed E-state index contributed by atoms with van der Waals surface area (Å²) >= 11 is 0. The fourth-order valence-corrected chi connectivity index (χ4v) is 1.73. The van der Waals surface area contributed by atoms with Gasteiger partial charge in [0.2, 0.25) is 15.9 Å². The Morgan fingerprint density at radius 1 is 1.47 bits per heavy atom. The number of carbonyl (C=O) groups is 1. The Balaban J connectivity index is 1.94. The predicted octanol–water partition coefficient (Wildman–Crippen LogP) is -0.989. The predicted molar refractivity (Wildman–Crippen MR) is 65.7 cm³/mol. The van der Waals surface area contributed by atoms with E-state index in [1.54, 1.807) is 0 Å². The highest BCUT2D eigenvalue weighted by Crippen LogP contribution is 2.03. The molecule has 2 heterocycles. The van der Waals surface area contributed by atoms with Gasteiger partial charge in [-0.3, -0.25) is 14.6 Å². The van der Waals surface area contributed by atoms with Crippen molar-refractivity contribution in [1.82, 2.24) is 25.2 Å². The van der Waals surface area contributed by atoms with Gasteiger partial charge in [0.25, 0.3) is 0 Å².